The van der Waals surface area contributed by atoms with E-state index in [4.69, 9.17) is 51.1 Å². The number of hydrogen-bond donors (Lipinski definition) is 2. The summed E-state index contributed by atoms with van der Waals surface area (Å²) in [6, 6.07) is 21.1. The van der Waals surface area contributed by atoms with Crippen molar-refractivity contribution >= 4 is 80.8 Å². The van der Waals surface area contributed by atoms with Crippen molar-refractivity contribution in [1.29, 1.82) is 0 Å². The number of benzene rings is 5. The Labute approximate surface area is 383 Å². The minimum Gasteiger partial charge on any atom is -0.496 e. The molecule has 2 atom stereocenters. The minimum absolute atomic E-state index is 0.00829. The standard InChI is InChI=1S/C24H22Cl2N2O3.C21H16Cl2F6N2O2/c1-31-22-9-7-16-4-2-3-5-17(16)18(22)14-28-11-10-23(29)27-21(24(28)30)13-15-6-8-19(25)20(26)12-15;22-15-2-1-11(7-16(15)23)8-17-19(33)31(4-3-18(32)30-17)10-12-5-13(20(24,25)26)9-14(6-12)21(27,28)29/h2-9,12,21H,10-11,13-14H2,1H3,(H,27,29);1-2,5-7,9,17H,3-4,8,10H2,(H,30,32)/t21-;/m0./s1. The zero-order valence-corrected chi connectivity index (χ0v) is 36.7. The highest BCUT2D eigenvalue weighted by Crippen LogP contribution is 2.37. The maximum atomic E-state index is 13.4. The van der Waals surface area contributed by atoms with Crippen LogP contribution in [0.4, 0.5) is 26.3 Å². The molecule has 4 amide bonds. The smallest absolute Gasteiger partial charge is 0.416 e. The van der Waals surface area contributed by atoms with E-state index < -0.39 is 53.9 Å². The van der Waals surface area contributed by atoms with Gasteiger partial charge >= 0.3 is 12.4 Å². The zero-order chi connectivity index (χ0) is 46.5. The Kier molecular flexibility index (Phi) is 15.3. The van der Waals surface area contributed by atoms with Crippen molar-refractivity contribution in [3.05, 3.63) is 144 Å². The van der Waals surface area contributed by atoms with Gasteiger partial charge in [0.05, 0.1) is 38.3 Å². The molecular weight excluding hydrogens is 932 g/mol. The molecule has 0 aromatic heterocycles. The SMILES string of the molecule is COc1ccc2ccccc2c1CN1CCC(=O)N[C@@H](Cc2ccc(Cl)c(Cl)c2)C1=O.O=C1CCN(Cc2cc(C(F)(F)F)cc(C(F)(F)F)c2)C(=O)C(Cc2ccc(Cl)c(Cl)c2)N1. The number of carbonyl (C=O) groups is 4. The molecule has 2 fully saturated rings. The molecule has 0 bridgehead atoms. The number of fused-ring (bicyclic) bond motifs is 1. The van der Waals surface area contributed by atoms with Gasteiger partial charge in [0.1, 0.15) is 17.8 Å². The molecule has 5 aromatic carbocycles. The summed E-state index contributed by atoms with van der Waals surface area (Å²) < 4.78 is 84.5. The van der Waals surface area contributed by atoms with E-state index in [-0.39, 0.29) is 59.3 Å². The first-order chi connectivity index (χ1) is 30.2. The molecule has 338 valence electrons. The number of amides is 4. The van der Waals surface area contributed by atoms with Crippen molar-refractivity contribution < 1.29 is 50.3 Å². The van der Waals surface area contributed by atoms with Crippen molar-refractivity contribution in [3.63, 3.8) is 0 Å². The normalized spacial score (nSPS) is 17.3. The van der Waals surface area contributed by atoms with E-state index in [0.717, 1.165) is 32.5 Å². The largest absolute Gasteiger partial charge is 0.496 e. The summed E-state index contributed by atoms with van der Waals surface area (Å²) in [5.41, 5.74) is -0.988. The molecule has 0 radical (unpaired) electrons. The van der Waals surface area contributed by atoms with Crippen LogP contribution in [0.5, 0.6) is 5.75 Å². The van der Waals surface area contributed by atoms with Crippen LogP contribution < -0.4 is 15.4 Å². The van der Waals surface area contributed by atoms with Crippen molar-refractivity contribution in [2.45, 2.75) is 63.2 Å². The number of nitrogens with zero attached hydrogens (tertiary/aromatic N) is 2. The number of alkyl halides is 6. The van der Waals surface area contributed by atoms with E-state index in [1.54, 1.807) is 30.2 Å². The predicted octanol–water partition coefficient (Wildman–Crippen LogP) is 10.1. The second kappa shape index (κ2) is 20.3. The topological polar surface area (TPSA) is 108 Å². The number of methoxy groups -OCH3 is 1. The van der Waals surface area contributed by atoms with E-state index in [1.165, 1.54) is 12.1 Å². The summed E-state index contributed by atoms with van der Waals surface area (Å²) in [6.07, 6.45) is -9.58. The Morgan fingerprint density at radius 3 is 1.55 bits per heavy atom. The lowest BCUT2D eigenvalue weighted by atomic mass is 10.0. The van der Waals surface area contributed by atoms with Crippen molar-refractivity contribution in [3.8, 4) is 5.75 Å². The third kappa shape index (κ3) is 12.1. The van der Waals surface area contributed by atoms with Gasteiger partial charge in [-0.3, -0.25) is 19.2 Å². The Morgan fingerprint density at radius 1 is 0.594 bits per heavy atom. The van der Waals surface area contributed by atoms with Crippen LogP contribution in [-0.4, -0.2) is 65.7 Å². The van der Waals surface area contributed by atoms with Crippen LogP contribution in [0.25, 0.3) is 10.8 Å². The molecule has 2 aliphatic heterocycles. The molecule has 1 unspecified atom stereocenters. The Bertz CT molecular complexity index is 2540. The highest BCUT2D eigenvalue weighted by Gasteiger charge is 2.38. The summed E-state index contributed by atoms with van der Waals surface area (Å²) in [7, 11) is 1.62. The molecule has 0 spiro atoms. The van der Waals surface area contributed by atoms with Crippen LogP contribution in [-0.2, 0) is 57.5 Å². The molecule has 0 aliphatic carbocycles. The first-order valence-corrected chi connectivity index (χ1v) is 21.1. The van der Waals surface area contributed by atoms with Gasteiger partial charge < -0.3 is 25.2 Å². The van der Waals surface area contributed by atoms with Crippen LogP contribution in [0.2, 0.25) is 20.1 Å². The van der Waals surface area contributed by atoms with Crippen LogP contribution in [0.1, 0.15) is 46.2 Å². The van der Waals surface area contributed by atoms with Crippen LogP contribution in [0, 0.1) is 0 Å². The number of halogens is 10. The molecule has 64 heavy (non-hydrogen) atoms. The van der Waals surface area contributed by atoms with Crippen molar-refractivity contribution in [1.82, 2.24) is 20.4 Å². The van der Waals surface area contributed by atoms with Gasteiger partial charge in [-0.05, 0) is 76.0 Å². The summed E-state index contributed by atoms with van der Waals surface area (Å²) in [4.78, 5) is 53.6. The highest BCUT2D eigenvalue weighted by atomic mass is 35.5. The lowest BCUT2D eigenvalue weighted by molar-refractivity contribution is -0.143. The molecule has 7 rings (SSSR count). The maximum absolute atomic E-state index is 13.4. The number of rotatable bonds is 9. The van der Waals surface area contributed by atoms with Gasteiger partial charge in [0.15, 0.2) is 0 Å². The van der Waals surface area contributed by atoms with Gasteiger partial charge in [0, 0.05) is 57.4 Å². The fourth-order valence-corrected chi connectivity index (χ4v) is 8.02. The monoisotopic (exact) mass is 968 g/mol. The summed E-state index contributed by atoms with van der Waals surface area (Å²) >= 11 is 24.0. The zero-order valence-electron chi connectivity index (χ0n) is 33.7. The molecule has 5 aromatic rings. The molecule has 9 nitrogen and oxygen atoms in total. The third-order valence-corrected chi connectivity index (χ3v) is 12.0. The molecule has 0 saturated carbocycles. The lowest BCUT2D eigenvalue weighted by Crippen LogP contribution is -2.45. The third-order valence-electron chi connectivity index (χ3n) is 10.5. The van der Waals surface area contributed by atoms with Crippen molar-refractivity contribution in [2.75, 3.05) is 20.2 Å². The average Bonchev–Trinajstić information content (AvgIpc) is 3.45. The van der Waals surface area contributed by atoms with E-state index in [1.807, 2.05) is 42.5 Å². The second-order valence-electron chi connectivity index (χ2n) is 15.0. The van der Waals surface area contributed by atoms with E-state index in [9.17, 15) is 45.5 Å². The van der Waals surface area contributed by atoms with Gasteiger partial charge in [0.25, 0.3) is 0 Å². The van der Waals surface area contributed by atoms with Crippen LogP contribution in [0.15, 0.2) is 91.0 Å². The Balaban J connectivity index is 0.000000213. The number of carbonyl (C=O) groups excluding carboxylic acids is 4. The molecule has 19 heteroatoms. The van der Waals surface area contributed by atoms with Gasteiger partial charge in [-0.15, -0.1) is 0 Å². The molecule has 2 aliphatic rings. The van der Waals surface area contributed by atoms with Gasteiger partial charge in [-0.25, -0.2) is 0 Å². The number of ether oxygens (including phenoxy) is 1. The summed E-state index contributed by atoms with van der Waals surface area (Å²) in [5.74, 6) is -0.678. The van der Waals surface area contributed by atoms with E-state index >= 15 is 0 Å². The van der Waals surface area contributed by atoms with E-state index in [2.05, 4.69) is 10.6 Å². The average molecular weight is 971 g/mol. The van der Waals surface area contributed by atoms with Gasteiger partial charge in [-0.1, -0.05) is 88.9 Å². The molecular formula is C45H38Cl4F6N4O5. The fourth-order valence-electron chi connectivity index (χ4n) is 7.38. The number of nitrogens with one attached hydrogen (secondary N) is 2. The lowest BCUT2D eigenvalue weighted by Gasteiger charge is -2.26. The Morgan fingerprint density at radius 2 is 1.08 bits per heavy atom. The fraction of sp³-hybridized carbons (Fsp3) is 0.289. The maximum Gasteiger partial charge on any atom is 0.416 e. The van der Waals surface area contributed by atoms with Crippen LogP contribution >= 0.6 is 46.4 Å². The highest BCUT2D eigenvalue weighted by molar-refractivity contribution is 6.42. The second-order valence-corrected chi connectivity index (χ2v) is 16.7. The van der Waals surface area contributed by atoms with Crippen molar-refractivity contribution in [2.24, 2.45) is 0 Å². The van der Waals surface area contributed by atoms with Crippen LogP contribution in [0.3, 0.4) is 0 Å². The molecule has 2 saturated heterocycles. The summed E-state index contributed by atoms with van der Waals surface area (Å²) in [5, 5.41) is 8.86. The first-order valence-electron chi connectivity index (χ1n) is 19.6. The minimum atomic E-state index is -5.01. The Hall–Kier alpha value is -5.22. The van der Waals surface area contributed by atoms with E-state index in [0.29, 0.717) is 47.3 Å². The first kappa shape index (κ1) is 48.2. The molecule has 2 heterocycles. The molecule has 2 N–H and O–H groups in total. The quantitative estimate of drug-likeness (QED) is 0.143. The van der Waals surface area contributed by atoms with Gasteiger partial charge in [-0.2, -0.15) is 26.3 Å². The van der Waals surface area contributed by atoms with Gasteiger partial charge in [0.2, 0.25) is 23.6 Å². The predicted molar refractivity (Wildman–Crippen MR) is 231 cm³/mol. The number of hydrogen-bond acceptors (Lipinski definition) is 5. The summed E-state index contributed by atoms with van der Waals surface area (Å²) in [6.45, 7) is 0.00388.